The number of allylic oxidation sites excluding steroid dienone is 2. The van der Waals surface area contributed by atoms with Gasteiger partial charge in [0.05, 0.1) is 6.67 Å². The lowest BCUT2D eigenvalue weighted by molar-refractivity contribution is 0.250. The van der Waals surface area contributed by atoms with E-state index in [-0.39, 0.29) is 6.67 Å². The van der Waals surface area contributed by atoms with E-state index in [1.54, 1.807) is 0 Å². The Morgan fingerprint density at radius 2 is 1.31 bits per heavy atom. The van der Waals surface area contributed by atoms with E-state index in [1.165, 1.54) is 73.6 Å². The van der Waals surface area contributed by atoms with Gasteiger partial charge in [0, 0.05) is 0 Å². The maximum absolute atomic E-state index is 12.0. The summed E-state index contributed by atoms with van der Waals surface area (Å²) in [7, 11) is 0. The van der Waals surface area contributed by atoms with Gasteiger partial charge in [-0.2, -0.15) is 0 Å². The van der Waals surface area contributed by atoms with Gasteiger partial charge in [-0.15, -0.1) is 0 Å². The van der Waals surface area contributed by atoms with E-state index in [2.05, 4.69) is 61.5 Å². The molecule has 0 atom stereocenters. The molecule has 2 aromatic rings. The van der Waals surface area contributed by atoms with Crippen molar-refractivity contribution in [1.82, 2.24) is 0 Å². The van der Waals surface area contributed by atoms with Gasteiger partial charge in [0.25, 0.3) is 0 Å². The van der Waals surface area contributed by atoms with Crippen molar-refractivity contribution in [3.63, 3.8) is 0 Å². The first-order valence-corrected chi connectivity index (χ1v) is 11.6. The number of halogens is 1. The molecule has 0 bridgehead atoms. The van der Waals surface area contributed by atoms with E-state index >= 15 is 0 Å². The molecular weight excluding hydrogens is 355 g/mol. The quantitative estimate of drug-likeness (QED) is 0.281. The summed E-state index contributed by atoms with van der Waals surface area (Å²) in [4.78, 5) is 0. The lowest BCUT2D eigenvalue weighted by atomic mass is 9.78. The van der Waals surface area contributed by atoms with Crippen LogP contribution in [0.2, 0.25) is 0 Å². The molecule has 0 unspecified atom stereocenters. The summed E-state index contributed by atoms with van der Waals surface area (Å²) in [5.41, 5.74) is 5.40. The average molecular weight is 393 g/mol. The van der Waals surface area contributed by atoms with Crippen LogP contribution in [0.15, 0.2) is 60.7 Å². The van der Waals surface area contributed by atoms with E-state index in [0.29, 0.717) is 6.42 Å². The average Bonchev–Trinajstić information content (AvgIpc) is 2.76. The molecule has 1 heteroatoms. The summed E-state index contributed by atoms with van der Waals surface area (Å²) in [6.45, 7) is 1.91. The molecule has 1 saturated carbocycles. The number of alkyl halides is 1. The van der Waals surface area contributed by atoms with E-state index in [4.69, 9.17) is 0 Å². The molecule has 0 spiro atoms. The third-order valence-electron chi connectivity index (χ3n) is 6.57. The molecule has 0 aliphatic heterocycles. The van der Waals surface area contributed by atoms with Crippen molar-refractivity contribution in [1.29, 1.82) is 0 Å². The van der Waals surface area contributed by atoms with Crippen LogP contribution in [0.1, 0.15) is 68.9 Å². The van der Waals surface area contributed by atoms with Crippen LogP contribution in [0.3, 0.4) is 0 Å². The number of aryl methyl sites for hydroxylation is 2. The monoisotopic (exact) mass is 392 g/mol. The minimum absolute atomic E-state index is 0.225. The third kappa shape index (κ3) is 7.46. The molecule has 0 radical (unpaired) electrons. The smallest absolute Gasteiger partial charge is 0.0928 e. The molecule has 1 fully saturated rings. The van der Waals surface area contributed by atoms with Crippen molar-refractivity contribution in [3.8, 4) is 11.1 Å². The molecule has 0 heterocycles. The molecule has 1 aliphatic carbocycles. The fraction of sp³-hybridized carbons (Fsp3) is 0.500. The zero-order chi connectivity index (χ0) is 20.3. The maximum atomic E-state index is 12.0. The number of hydrogen-bond donors (Lipinski definition) is 0. The van der Waals surface area contributed by atoms with Crippen molar-refractivity contribution < 1.29 is 4.39 Å². The Morgan fingerprint density at radius 3 is 1.93 bits per heavy atom. The highest BCUT2D eigenvalue weighted by atomic mass is 19.1. The molecule has 29 heavy (non-hydrogen) atoms. The molecule has 0 aromatic heterocycles. The maximum Gasteiger partial charge on any atom is 0.0928 e. The molecule has 156 valence electrons. The van der Waals surface area contributed by atoms with Crippen molar-refractivity contribution >= 4 is 0 Å². The van der Waals surface area contributed by atoms with Gasteiger partial charge in [-0.3, -0.25) is 4.39 Å². The predicted molar refractivity (Wildman–Crippen MR) is 124 cm³/mol. The van der Waals surface area contributed by atoms with Crippen LogP contribution in [-0.2, 0) is 6.42 Å². The Balaban J connectivity index is 1.34. The van der Waals surface area contributed by atoms with Crippen LogP contribution in [0.5, 0.6) is 0 Å². The van der Waals surface area contributed by atoms with Gasteiger partial charge in [-0.05, 0) is 67.6 Å². The first-order valence-electron chi connectivity index (χ1n) is 11.6. The van der Waals surface area contributed by atoms with Gasteiger partial charge in [0.15, 0.2) is 0 Å². The molecule has 0 saturated heterocycles. The molecule has 2 aromatic carbocycles. The van der Waals surface area contributed by atoms with Gasteiger partial charge in [0.1, 0.15) is 0 Å². The Morgan fingerprint density at radius 1 is 0.759 bits per heavy atom. The Kier molecular flexibility index (Phi) is 8.99. The molecular formula is C28H37F. The van der Waals surface area contributed by atoms with Crippen molar-refractivity contribution in [2.24, 2.45) is 11.8 Å². The highest BCUT2D eigenvalue weighted by Gasteiger charge is 2.20. The summed E-state index contributed by atoms with van der Waals surface area (Å²) in [6, 6.07) is 18.0. The minimum Gasteiger partial charge on any atom is -0.251 e. The van der Waals surface area contributed by atoms with E-state index in [1.807, 2.05) is 6.08 Å². The van der Waals surface area contributed by atoms with E-state index in [0.717, 1.165) is 18.3 Å². The zero-order valence-corrected chi connectivity index (χ0v) is 18.1. The SMILES string of the molecule is Cc1ccc(-c2ccc(CC[C@H]3CC[C@H](CCCC=CCCF)CC3)cc2)cc1. The normalized spacial score (nSPS) is 19.7. The second kappa shape index (κ2) is 12.0. The van der Waals surface area contributed by atoms with Crippen molar-refractivity contribution in [2.45, 2.75) is 71.1 Å². The topological polar surface area (TPSA) is 0 Å². The predicted octanol–water partition coefficient (Wildman–Crippen LogP) is 8.49. The highest BCUT2D eigenvalue weighted by molar-refractivity contribution is 5.63. The summed E-state index contributed by atoms with van der Waals surface area (Å²) in [5, 5.41) is 0. The molecule has 0 N–H and O–H groups in total. The second-order valence-electron chi connectivity index (χ2n) is 8.87. The fourth-order valence-electron chi connectivity index (χ4n) is 4.61. The molecule has 3 rings (SSSR count). The van der Waals surface area contributed by atoms with E-state index < -0.39 is 0 Å². The summed E-state index contributed by atoms with van der Waals surface area (Å²) >= 11 is 0. The Hall–Kier alpha value is -1.89. The van der Waals surface area contributed by atoms with E-state index in [9.17, 15) is 4.39 Å². The van der Waals surface area contributed by atoms with Crippen LogP contribution in [0.25, 0.3) is 11.1 Å². The first kappa shape index (κ1) is 21.8. The first-order chi connectivity index (χ1) is 14.2. The van der Waals surface area contributed by atoms with Gasteiger partial charge in [0.2, 0.25) is 0 Å². The summed E-state index contributed by atoms with van der Waals surface area (Å²) in [5.74, 6) is 1.84. The number of benzene rings is 2. The zero-order valence-electron chi connectivity index (χ0n) is 18.1. The molecule has 1 aliphatic rings. The third-order valence-corrected chi connectivity index (χ3v) is 6.57. The standard InChI is InChI=1S/C28H37F/c1-23-8-18-27(19-9-23)28-20-16-26(17-21-28)15-14-25-12-10-24(11-13-25)7-5-3-2-4-6-22-29/h2,4,8-9,16-21,24-25H,3,5-7,10-15,22H2,1H3/t24-,25-. The molecule has 0 nitrogen and oxygen atoms in total. The summed E-state index contributed by atoms with van der Waals surface area (Å²) < 4.78 is 12.0. The van der Waals surface area contributed by atoms with Crippen molar-refractivity contribution in [2.75, 3.05) is 6.67 Å². The molecule has 0 amide bonds. The van der Waals surface area contributed by atoms with Crippen LogP contribution < -0.4 is 0 Å². The lowest BCUT2D eigenvalue weighted by Crippen LogP contribution is -2.15. The largest absolute Gasteiger partial charge is 0.251 e. The van der Waals surface area contributed by atoms with Gasteiger partial charge in [-0.1, -0.05) is 98.4 Å². The number of hydrogen-bond acceptors (Lipinski definition) is 0. The Bertz CT molecular complexity index is 718. The van der Waals surface area contributed by atoms with Gasteiger partial charge in [-0.25, -0.2) is 0 Å². The number of unbranched alkanes of at least 4 members (excludes halogenated alkanes) is 1. The van der Waals surface area contributed by atoms with Crippen LogP contribution >= 0.6 is 0 Å². The Labute approximate surface area is 177 Å². The van der Waals surface area contributed by atoms with Crippen LogP contribution in [0.4, 0.5) is 4.39 Å². The van der Waals surface area contributed by atoms with Crippen molar-refractivity contribution in [3.05, 3.63) is 71.8 Å². The summed E-state index contributed by atoms with van der Waals surface area (Å²) in [6.07, 6.45) is 16.7. The number of rotatable bonds is 10. The van der Waals surface area contributed by atoms with Gasteiger partial charge < -0.3 is 0 Å². The van der Waals surface area contributed by atoms with Crippen LogP contribution in [-0.4, -0.2) is 6.67 Å². The lowest BCUT2D eigenvalue weighted by Gasteiger charge is -2.28. The van der Waals surface area contributed by atoms with Gasteiger partial charge >= 0.3 is 0 Å². The van der Waals surface area contributed by atoms with Crippen LogP contribution in [0, 0.1) is 18.8 Å². The second-order valence-corrected chi connectivity index (χ2v) is 8.87. The fourth-order valence-corrected chi connectivity index (χ4v) is 4.61. The highest BCUT2D eigenvalue weighted by Crippen LogP contribution is 2.34. The minimum atomic E-state index is -0.225.